The monoisotopic (exact) mass is 389 g/mol. The molecule has 6 heteroatoms. The summed E-state index contributed by atoms with van der Waals surface area (Å²) >= 11 is 0. The number of nitrogens with zero attached hydrogens (tertiary/aromatic N) is 1. The van der Waals surface area contributed by atoms with E-state index in [1.54, 1.807) is 42.5 Å². The first-order chi connectivity index (χ1) is 14.0. The van der Waals surface area contributed by atoms with Gasteiger partial charge in [-0.15, -0.1) is 0 Å². The smallest absolute Gasteiger partial charge is 0.274 e. The molecule has 0 saturated carbocycles. The molecule has 0 aliphatic heterocycles. The Morgan fingerprint density at radius 2 is 1.41 bits per heavy atom. The number of pyridine rings is 1. The summed E-state index contributed by atoms with van der Waals surface area (Å²) in [7, 11) is 0. The number of carbonyl (C=O) groups is 2. The van der Waals surface area contributed by atoms with Crippen molar-refractivity contribution < 1.29 is 14.3 Å². The average molecular weight is 389 g/mol. The molecule has 0 fully saturated rings. The molecule has 2 amide bonds. The van der Waals surface area contributed by atoms with Crippen LogP contribution in [0.25, 0.3) is 0 Å². The zero-order valence-electron chi connectivity index (χ0n) is 16.7. The molecule has 3 rings (SSSR count). The van der Waals surface area contributed by atoms with Crippen LogP contribution in [0.15, 0.2) is 60.7 Å². The number of anilines is 2. The Bertz CT molecular complexity index is 1030. The third-order valence-electron chi connectivity index (χ3n) is 4.40. The van der Waals surface area contributed by atoms with Crippen LogP contribution in [0.3, 0.4) is 0 Å². The van der Waals surface area contributed by atoms with Gasteiger partial charge in [0.2, 0.25) is 0 Å². The summed E-state index contributed by atoms with van der Waals surface area (Å²) in [6.07, 6.45) is 0. The van der Waals surface area contributed by atoms with Gasteiger partial charge >= 0.3 is 0 Å². The van der Waals surface area contributed by atoms with E-state index in [2.05, 4.69) is 15.6 Å². The normalized spacial score (nSPS) is 10.3. The van der Waals surface area contributed by atoms with Gasteiger partial charge in [-0.1, -0.05) is 12.1 Å². The van der Waals surface area contributed by atoms with Crippen molar-refractivity contribution in [3.05, 3.63) is 83.2 Å². The molecule has 0 atom stereocenters. The number of hydrogen-bond donors (Lipinski definition) is 2. The van der Waals surface area contributed by atoms with Crippen LogP contribution in [0.1, 0.15) is 39.0 Å². The lowest BCUT2D eigenvalue weighted by atomic mass is 10.1. The molecule has 0 saturated heterocycles. The van der Waals surface area contributed by atoms with Crippen LogP contribution in [0.4, 0.5) is 11.4 Å². The van der Waals surface area contributed by atoms with Crippen LogP contribution in [-0.2, 0) is 0 Å². The first kappa shape index (κ1) is 20.1. The van der Waals surface area contributed by atoms with E-state index in [1.165, 1.54) is 0 Å². The number of nitrogens with one attached hydrogen (secondary N) is 2. The van der Waals surface area contributed by atoms with Crippen LogP contribution < -0.4 is 15.4 Å². The van der Waals surface area contributed by atoms with Crippen molar-refractivity contribution >= 4 is 23.2 Å². The van der Waals surface area contributed by atoms with Gasteiger partial charge in [-0.25, -0.2) is 4.98 Å². The van der Waals surface area contributed by atoms with Crippen molar-refractivity contribution in [1.82, 2.24) is 4.98 Å². The van der Waals surface area contributed by atoms with E-state index in [0.717, 1.165) is 16.9 Å². The second kappa shape index (κ2) is 9.01. The number of carbonyl (C=O) groups excluding carboxylic acids is 2. The van der Waals surface area contributed by atoms with Crippen LogP contribution in [0.5, 0.6) is 5.75 Å². The third-order valence-corrected chi connectivity index (χ3v) is 4.40. The third kappa shape index (κ3) is 5.19. The van der Waals surface area contributed by atoms with Crippen molar-refractivity contribution in [3.63, 3.8) is 0 Å². The first-order valence-corrected chi connectivity index (χ1v) is 9.36. The molecule has 0 aliphatic rings. The molecule has 0 bridgehead atoms. The highest BCUT2D eigenvalue weighted by Gasteiger charge is 2.13. The zero-order valence-corrected chi connectivity index (χ0v) is 16.7. The molecule has 1 aromatic heterocycles. The summed E-state index contributed by atoms with van der Waals surface area (Å²) in [6, 6.07) is 17.5. The lowest BCUT2D eigenvalue weighted by molar-refractivity contribution is 0.101. The maximum Gasteiger partial charge on any atom is 0.274 e. The van der Waals surface area contributed by atoms with E-state index >= 15 is 0 Å². The minimum atomic E-state index is -0.394. The van der Waals surface area contributed by atoms with Gasteiger partial charge in [-0.2, -0.15) is 0 Å². The number of hydrogen-bond acceptors (Lipinski definition) is 4. The highest BCUT2D eigenvalue weighted by molar-refractivity contribution is 6.06. The van der Waals surface area contributed by atoms with Gasteiger partial charge in [0.05, 0.1) is 6.61 Å². The minimum absolute atomic E-state index is 0.159. The lowest BCUT2D eigenvalue weighted by Crippen LogP contribution is -2.18. The van der Waals surface area contributed by atoms with Crippen LogP contribution >= 0.6 is 0 Å². The van der Waals surface area contributed by atoms with E-state index < -0.39 is 5.91 Å². The van der Waals surface area contributed by atoms with Gasteiger partial charge in [0, 0.05) is 11.4 Å². The fourth-order valence-corrected chi connectivity index (χ4v) is 2.70. The maximum atomic E-state index is 12.5. The maximum absolute atomic E-state index is 12.5. The van der Waals surface area contributed by atoms with Crippen molar-refractivity contribution in [2.24, 2.45) is 0 Å². The molecular formula is C23H23N3O3. The van der Waals surface area contributed by atoms with E-state index in [1.807, 2.05) is 39.0 Å². The first-order valence-electron chi connectivity index (χ1n) is 9.36. The van der Waals surface area contributed by atoms with E-state index in [4.69, 9.17) is 4.74 Å². The second-order valence-corrected chi connectivity index (χ2v) is 6.57. The summed E-state index contributed by atoms with van der Waals surface area (Å²) in [4.78, 5) is 29.2. The fourth-order valence-electron chi connectivity index (χ4n) is 2.70. The van der Waals surface area contributed by atoms with Crippen molar-refractivity contribution in [1.29, 1.82) is 0 Å². The van der Waals surface area contributed by atoms with Gasteiger partial charge in [0.25, 0.3) is 11.8 Å². The quantitative estimate of drug-likeness (QED) is 0.646. The molecule has 3 aromatic rings. The molecule has 2 N–H and O–H groups in total. The predicted octanol–water partition coefficient (Wildman–Crippen LogP) is 4.60. The molecule has 0 aliphatic carbocycles. The summed E-state index contributed by atoms with van der Waals surface area (Å²) in [5.74, 6) is -0.0346. The van der Waals surface area contributed by atoms with Crippen molar-refractivity contribution in [2.75, 3.05) is 17.2 Å². The molecule has 148 valence electrons. The highest BCUT2D eigenvalue weighted by atomic mass is 16.5. The number of benzene rings is 2. The van der Waals surface area contributed by atoms with Crippen molar-refractivity contribution in [3.8, 4) is 5.75 Å². The topological polar surface area (TPSA) is 80.3 Å². The van der Waals surface area contributed by atoms with Gasteiger partial charge in [0.1, 0.15) is 17.1 Å². The number of amides is 2. The molecule has 6 nitrogen and oxygen atoms in total. The van der Waals surface area contributed by atoms with Gasteiger partial charge in [-0.3, -0.25) is 9.59 Å². The number of aromatic nitrogens is 1. The molecular weight excluding hydrogens is 366 g/mol. The SMILES string of the molecule is CCOc1ccc(NC(=O)c2cccc(C(=O)Nc3ccc(C)c(C)c3)n2)cc1. The average Bonchev–Trinajstić information content (AvgIpc) is 2.72. The van der Waals surface area contributed by atoms with Gasteiger partial charge < -0.3 is 15.4 Å². The van der Waals surface area contributed by atoms with E-state index in [-0.39, 0.29) is 17.3 Å². The number of aryl methyl sites for hydroxylation is 2. The number of rotatable bonds is 6. The standard InChI is InChI=1S/C23H23N3O3/c1-4-29-19-12-10-17(11-13-19)24-22(27)20-6-5-7-21(26-20)23(28)25-18-9-8-15(2)16(3)14-18/h5-14H,4H2,1-3H3,(H,24,27)(H,25,28). The number of ether oxygens (including phenoxy) is 1. The molecule has 0 unspecified atom stereocenters. The largest absolute Gasteiger partial charge is 0.494 e. The Balaban J connectivity index is 1.69. The molecule has 0 radical (unpaired) electrons. The summed E-state index contributed by atoms with van der Waals surface area (Å²) in [6.45, 7) is 6.47. The zero-order chi connectivity index (χ0) is 20.8. The summed E-state index contributed by atoms with van der Waals surface area (Å²) < 4.78 is 5.39. The van der Waals surface area contributed by atoms with E-state index in [0.29, 0.717) is 18.0 Å². The van der Waals surface area contributed by atoms with Crippen LogP contribution in [-0.4, -0.2) is 23.4 Å². The van der Waals surface area contributed by atoms with Crippen molar-refractivity contribution in [2.45, 2.75) is 20.8 Å². The molecule has 0 spiro atoms. The summed E-state index contributed by atoms with van der Waals surface area (Å²) in [5, 5.41) is 5.58. The fraction of sp³-hybridized carbons (Fsp3) is 0.174. The van der Waals surface area contributed by atoms with Gasteiger partial charge in [0.15, 0.2) is 0 Å². The molecule has 29 heavy (non-hydrogen) atoms. The molecule has 1 heterocycles. The van der Waals surface area contributed by atoms with Crippen LogP contribution in [0.2, 0.25) is 0 Å². The molecule has 2 aromatic carbocycles. The Hall–Kier alpha value is -3.67. The van der Waals surface area contributed by atoms with E-state index in [9.17, 15) is 9.59 Å². The summed E-state index contributed by atoms with van der Waals surface area (Å²) in [5.41, 5.74) is 3.86. The second-order valence-electron chi connectivity index (χ2n) is 6.57. The highest BCUT2D eigenvalue weighted by Crippen LogP contribution is 2.17. The minimum Gasteiger partial charge on any atom is -0.494 e. The Labute approximate surface area is 169 Å². The Kier molecular flexibility index (Phi) is 6.24. The van der Waals surface area contributed by atoms with Gasteiger partial charge in [-0.05, 0) is 80.4 Å². The Morgan fingerprint density at radius 1 is 0.828 bits per heavy atom. The Morgan fingerprint density at radius 3 is 2.00 bits per heavy atom. The predicted molar refractivity (Wildman–Crippen MR) is 114 cm³/mol. The lowest BCUT2D eigenvalue weighted by Gasteiger charge is -2.09. The van der Waals surface area contributed by atoms with Crippen LogP contribution in [0, 0.1) is 13.8 Å².